The minimum absolute atomic E-state index is 0.0235. The van der Waals surface area contributed by atoms with Crippen molar-refractivity contribution in [2.24, 2.45) is 0 Å². The highest BCUT2D eigenvalue weighted by molar-refractivity contribution is 7.80. The molecule has 0 aliphatic heterocycles. The van der Waals surface area contributed by atoms with Crippen LogP contribution in [-0.4, -0.2) is 23.5 Å². The molecule has 0 bridgehead atoms. The average Bonchev–Trinajstić information content (AvgIpc) is 2.63. The molecule has 0 atom stereocenters. The Morgan fingerprint density at radius 3 is 2.41 bits per heavy atom. The van der Waals surface area contributed by atoms with Crippen LogP contribution in [0.3, 0.4) is 0 Å². The Bertz CT molecular complexity index is 844. The monoisotopic (exact) mass is 425 g/mol. The van der Waals surface area contributed by atoms with Gasteiger partial charge in [-0.05, 0) is 60.6 Å². The molecule has 2 aromatic rings. The Morgan fingerprint density at radius 2 is 1.74 bits per heavy atom. The van der Waals surface area contributed by atoms with Gasteiger partial charge in [-0.2, -0.15) is 0 Å². The van der Waals surface area contributed by atoms with E-state index in [0.717, 1.165) is 11.1 Å². The third-order valence-corrected chi connectivity index (χ3v) is 4.23. The first-order valence-electron chi connectivity index (χ1n) is 7.85. The summed E-state index contributed by atoms with van der Waals surface area (Å²) in [5.74, 6) is -0.264. The third-order valence-electron chi connectivity index (χ3n) is 3.35. The van der Waals surface area contributed by atoms with Gasteiger partial charge >= 0.3 is 0 Å². The summed E-state index contributed by atoms with van der Waals surface area (Å²) in [5, 5.41) is 3.65. The van der Waals surface area contributed by atoms with Gasteiger partial charge in [-0.1, -0.05) is 35.3 Å². The highest BCUT2D eigenvalue weighted by Gasteiger charge is 2.08. The number of nitrogens with one attached hydrogen (secondary N) is 3. The predicted molar refractivity (Wildman–Crippen MR) is 109 cm³/mol. The molecule has 0 saturated heterocycles. The number of carbonyl (C=O) groups is 2. The first-order chi connectivity index (χ1) is 12.8. The molecule has 3 N–H and O–H groups in total. The van der Waals surface area contributed by atoms with Gasteiger partial charge in [0.1, 0.15) is 5.75 Å². The summed E-state index contributed by atoms with van der Waals surface area (Å²) in [7, 11) is 0. The molecule has 27 heavy (non-hydrogen) atoms. The van der Waals surface area contributed by atoms with Gasteiger partial charge in [0.25, 0.3) is 5.91 Å². The van der Waals surface area contributed by atoms with Crippen molar-refractivity contribution in [1.29, 1.82) is 0 Å². The van der Waals surface area contributed by atoms with Crippen LogP contribution in [0.15, 0.2) is 42.5 Å². The van der Waals surface area contributed by atoms with Gasteiger partial charge in [0, 0.05) is 10.0 Å². The lowest BCUT2D eigenvalue weighted by molar-refractivity contribution is -0.124. The zero-order chi connectivity index (χ0) is 19.8. The smallest absolute Gasteiger partial charge is 0.276 e. The van der Waals surface area contributed by atoms with Crippen molar-refractivity contribution in [3.63, 3.8) is 0 Å². The number of halogens is 2. The summed E-state index contributed by atoms with van der Waals surface area (Å²) < 4.78 is 5.35. The van der Waals surface area contributed by atoms with Gasteiger partial charge < -0.3 is 10.1 Å². The van der Waals surface area contributed by atoms with Crippen LogP contribution in [0.1, 0.15) is 11.1 Å². The Hall–Kier alpha value is -2.35. The molecule has 9 heteroatoms. The van der Waals surface area contributed by atoms with Gasteiger partial charge in [-0.25, -0.2) is 0 Å². The second kappa shape index (κ2) is 10.1. The quantitative estimate of drug-likeness (QED) is 0.506. The Balaban J connectivity index is 1.69. The lowest BCUT2D eigenvalue weighted by atomic mass is 10.1. The molecule has 0 saturated carbocycles. The van der Waals surface area contributed by atoms with Gasteiger partial charge in [0.15, 0.2) is 11.7 Å². The molecule has 6 nitrogen and oxygen atoms in total. The maximum atomic E-state index is 11.9. The predicted octanol–water partition coefficient (Wildman–Crippen LogP) is 2.95. The van der Waals surface area contributed by atoms with Crippen molar-refractivity contribution >= 4 is 52.3 Å². The van der Waals surface area contributed by atoms with Crippen molar-refractivity contribution in [3.8, 4) is 5.75 Å². The van der Waals surface area contributed by atoms with Gasteiger partial charge in [0.2, 0.25) is 5.91 Å². The van der Waals surface area contributed by atoms with Gasteiger partial charge in [-0.15, -0.1) is 0 Å². The van der Waals surface area contributed by atoms with Crippen molar-refractivity contribution in [1.82, 2.24) is 16.2 Å². The van der Waals surface area contributed by atoms with E-state index < -0.39 is 5.91 Å². The molecule has 0 spiro atoms. The van der Waals surface area contributed by atoms with E-state index in [1.54, 1.807) is 42.5 Å². The Morgan fingerprint density at radius 1 is 1.04 bits per heavy atom. The lowest BCUT2D eigenvalue weighted by Crippen LogP contribution is -2.49. The molecule has 142 valence electrons. The van der Waals surface area contributed by atoms with Crippen molar-refractivity contribution in [2.45, 2.75) is 13.3 Å². The third kappa shape index (κ3) is 7.42. The molecular formula is C18H17Cl2N3O3S. The van der Waals surface area contributed by atoms with Gasteiger partial charge in [0.05, 0.1) is 6.42 Å². The summed E-state index contributed by atoms with van der Waals surface area (Å²) in [6.07, 6.45) is 0.131. The van der Waals surface area contributed by atoms with Crippen LogP contribution in [-0.2, 0) is 16.0 Å². The maximum Gasteiger partial charge on any atom is 0.276 e. The first-order valence-corrected chi connectivity index (χ1v) is 9.02. The zero-order valence-corrected chi connectivity index (χ0v) is 16.7. The molecule has 0 heterocycles. The number of carbonyl (C=O) groups excluding carboxylic acids is 2. The largest absolute Gasteiger partial charge is 0.484 e. The molecule has 0 unspecified atom stereocenters. The average molecular weight is 426 g/mol. The number of amides is 2. The molecule has 2 aromatic carbocycles. The van der Waals surface area contributed by atoms with Crippen LogP contribution < -0.4 is 20.9 Å². The number of thiocarbonyl (C=S) groups is 1. The second-order valence-corrected chi connectivity index (χ2v) is 6.81. The number of hydrazine groups is 1. The maximum absolute atomic E-state index is 11.9. The molecule has 0 aliphatic rings. The summed E-state index contributed by atoms with van der Waals surface area (Å²) >= 11 is 16.7. The molecule has 0 fully saturated rings. The van der Waals surface area contributed by atoms with E-state index >= 15 is 0 Å². The first kappa shape index (κ1) is 21.0. The number of hydrogen-bond donors (Lipinski definition) is 3. The SMILES string of the molecule is Cc1cc(OCC(=O)NNC(=S)NC(=O)Cc2ccc(Cl)cc2)ccc1Cl. The van der Waals surface area contributed by atoms with E-state index in [4.69, 9.17) is 40.2 Å². The summed E-state index contributed by atoms with van der Waals surface area (Å²) in [4.78, 5) is 23.7. The number of aryl methyl sites for hydroxylation is 1. The number of rotatable bonds is 5. The standard InChI is InChI=1S/C18H17Cl2N3O3S/c1-11-8-14(6-7-15(11)20)26-10-17(25)22-23-18(27)21-16(24)9-12-2-4-13(19)5-3-12/h2-8H,9-10H2,1H3,(H,22,25)(H2,21,23,24,27). The van der Waals surface area contributed by atoms with E-state index in [-0.39, 0.29) is 24.0 Å². The summed E-state index contributed by atoms with van der Waals surface area (Å²) in [6.45, 7) is 1.61. The van der Waals surface area contributed by atoms with E-state index in [1.807, 2.05) is 6.92 Å². The fourth-order valence-electron chi connectivity index (χ4n) is 2.01. The zero-order valence-electron chi connectivity index (χ0n) is 14.3. The van der Waals surface area contributed by atoms with Crippen molar-refractivity contribution < 1.29 is 14.3 Å². The molecule has 0 aromatic heterocycles. The fraction of sp³-hybridized carbons (Fsp3) is 0.167. The lowest BCUT2D eigenvalue weighted by Gasteiger charge is -2.12. The Kier molecular flexibility index (Phi) is 7.84. The highest BCUT2D eigenvalue weighted by atomic mass is 35.5. The normalized spacial score (nSPS) is 10.0. The Labute approximate surface area is 172 Å². The van der Waals surface area contributed by atoms with Crippen molar-refractivity contribution in [2.75, 3.05) is 6.61 Å². The minimum atomic E-state index is -0.461. The molecule has 0 aliphatic carbocycles. The van der Waals surface area contributed by atoms with Crippen LogP contribution in [0.2, 0.25) is 10.0 Å². The van der Waals surface area contributed by atoms with Gasteiger partial charge in [-0.3, -0.25) is 20.4 Å². The second-order valence-electron chi connectivity index (χ2n) is 5.55. The van der Waals surface area contributed by atoms with E-state index in [0.29, 0.717) is 15.8 Å². The number of ether oxygens (including phenoxy) is 1. The topological polar surface area (TPSA) is 79.5 Å². The van der Waals surface area contributed by atoms with Crippen LogP contribution in [0.4, 0.5) is 0 Å². The van der Waals surface area contributed by atoms with Crippen molar-refractivity contribution in [3.05, 3.63) is 63.6 Å². The minimum Gasteiger partial charge on any atom is -0.484 e. The summed E-state index contributed by atoms with van der Waals surface area (Å²) in [6, 6.07) is 12.0. The molecular weight excluding hydrogens is 409 g/mol. The molecule has 2 amide bonds. The van der Waals surface area contributed by atoms with E-state index in [1.165, 1.54) is 0 Å². The van der Waals surface area contributed by atoms with Crippen LogP contribution in [0.5, 0.6) is 5.75 Å². The summed E-state index contributed by atoms with van der Waals surface area (Å²) in [5.41, 5.74) is 6.42. The van der Waals surface area contributed by atoms with Crippen LogP contribution >= 0.6 is 35.4 Å². The molecule has 2 rings (SSSR count). The van der Waals surface area contributed by atoms with Crippen LogP contribution in [0, 0.1) is 6.92 Å². The number of hydrogen-bond acceptors (Lipinski definition) is 4. The van der Waals surface area contributed by atoms with E-state index in [2.05, 4.69) is 16.2 Å². The number of benzene rings is 2. The van der Waals surface area contributed by atoms with Crippen LogP contribution in [0.25, 0.3) is 0 Å². The van der Waals surface area contributed by atoms with E-state index in [9.17, 15) is 9.59 Å². The molecule has 0 radical (unpaired) electrons. The fourth-order valence-corrected chi connectivity index (χ4v) is 2.42. The highest BCUT2D eigenvalue weighted by Crippen LogP contribution is 2.20.